The van der Waals surface area contributed by atoms with Crippen molar-refractivity contribution in [3.8, 4) is 0 Å². The molecule has 0 amide bonds. The van der Waals surface area contributed by atoms with Crippen molar-refractivity contribution in [1.82, 2.24) is 15.0 Å². The van der Waals surface area contributed by atoms with Gasteiger partial charge in [-0.2, -0.15) is 0 Å². The fourth-order valence-electron chi connectivity index (χ4n) is 2.40. The second-order valence-corrected chi connectivity index (χ2v) is 6.24. The van der Waals surface area contributed by atoms with Crippen molar-refractivity contribution in [3.63, 3.8) is 0 Å². The molecule has 1 aliphatic heterocycles. The Hall–Kier alpha value is -1.53. The fraction of sp³-hybridized carbons (Fsp3) is 0.533. The third-order valence-corrected chi connectivity index (χ3v) is 4.24. The Morgan fingerprint density at radius 2 is 2.24 bits per heavy atom. The highest BCUT2D eigenvalue weighted by Gasteiger charge is 2.18. The molecule has 0 spiro atoms. The maximum atomic E-state index is 5.55. The third kappa shape index (κ3) is 3.39. The molecule has 0 aromatic carbocycles. The van der Waals surface area contributed by atoms with Crippen LogP contribution in [0.5, 0.6) is 0 Å². The van der Waals surface area contributed by atoms with E-state index in [9.17, 15) is 0 Å². The van der Waals surface area contributed by atoms with Crippen molar-refractivity contribution in [2.45, 2.75) is 39.7 Å². The molecule has 6 heteroatoms. The minimum absolute atomic E-state index is 0.609. The van der Waals surface area contributed by atoms with Gasteiger partial charge in [-0.05, 0) is 13.3 Å². The summed E-state index contributed by atoms with van der Waals surface area (Å²) in [5, 5.41) is 6.57. The van der Waals surface area contributed by atoms with Crippen LogP contribution in [0.15, 0.2) is 5.38 Å². The molecule has 0 saturated carbocycles. The quantitative estimate of drug-likeness (QED) is 0.920. The van der Waals surface area contributed by atoms with Crippen molar-refractivity contribution in [3.05, 3.63) is 33.2 Å². The topological polar surface area (TPSA) is 59.9 Å². The van der Waals surface area contributed by atoms with Crippen LogP contribution in [0.25, 0.3) is 0 Å². The summed E-state index contributed by atoms with van der Waals surface area (Å²) in [4.78, 5) is 13.9. The van der Waals surface area contributed by atoms with Gasteiger partial charge in [-0.3, -0.25) is 0 Å². The van der Waals surface area contributed by atoms with E-state index >= 15 is 0 Å². The lowest BCUT2D eigenvalue weighted by Crippen LogP contribution is -2.18. The summed E-state index contributed by atoms with van der Waals surface area (Å²) < 4.78 is 5.55. The third-order valence-electron chi connectivity index (χ3n) is 3.42. The predicted octanol–water partition coefficient (Wildman–Crippen LogP) is 2.73. The van der Waals surface area contributed by atoms with Gasteiger partial charge in [0, 0.05) is 23.9 Å². The Balaban J connectivity index is 1.89. The monoisotopic (exact) mass is 304 g/mol. The minimum Gasteiger partial charge on any atom is -0.376 e. The van der Waals surface area contributed by atoms with Gasteiger partial charge in [-0.25, -0.2) is 15.0 Å². The molecule has 3 rings (SSSR count). The highest BCUT2D eigenvalue weighted by atomic mass is 32.1. The van der Waals surface area contributed by atoms with Crippen molar-refractivity contribution in [1.29, 1.82) is 0 Å². The first-order chi connectivity index (χ1) is 10.3. The molecule has 0 aliphatic carbocycles. The van der Waals surface area contributed by atoms with Gasteiger partial charge in [0.1, 0.15) is 11.6 Å². The Morgan fingerprint density at radius 1 is 1.33 bits per heavy atom. The summed E-state index contributed by atoms with van der Waals surface area (Å²) >= 11 is 1.67. The predicted molar refractivity (Wildman–Crippen MR) is 83.8 cm³/mol. The van der Waals surface area contributed by atoms with E-state index in [0.29, 0.717) is 13.0 Å². The Morgan fingerprint density at radius 3 is 3.00 bits per heavy atom. The lowest BCUT2D eigenvalue weighted by Gasteiger charge is -2.20. The summed E-state index contributed by atoms with van der Waals surface area (Å²) in [5.74, 6) is 1.78. The number of nitrogens with zero attached hydrogens (tertiary/aromatic N) is 3. The second-order valence-electron chi connectivity index (χ2n) is 5.18. The smallest absolute Gasteiger partial charge is 0.137 e. The van der Waals surface area contributed by atoms with Gasteiger partial charge >= 0.3 is 0 Å². The van der Waals surface area contributed by atoms with Gasteiger partial charge < -0.3 is 10.1 Å². The lowest BCUT2D eigenvalue weighted by atomic mass is 10.1. The highest BCUT2D eigenvalue weighted by molar-refractivity contribution is 7.09. The largest absolute Gasteiger partial charge is 0.376 e. The molecule has 0 bridgehead atoms. The van der Waals surface area contributed by atoms with Gasteiger partial charge in [0.05, 0.1) is 36.0 Å². The normalized spacial score (nSPS) is 14.0. The van der Waals surface area contributed by atoms with E-state index in [1.807, 2.05) is 6.92 Å². The maximum absolute atomic E-state index is 5.55. The van der Waals surface area contributed by atoms with Crippen LogP contribution in [-0.4, -0.2) is 28.1 Å². The van der Waals surface area contributed by atoms with Gasteiger partial charge in [-0.1, -0.05) is 6.92 Å². The van der Waals surface area contributed by atoms with Crippen LogP contribution in [0, 0.1) is 6.92 Å². The van der Waals surface area contributed by atoms with E-state index in [1.54, 1.807) is 11.3 Å². The molecule has 21 heavy (non-hydrogen) atoms. The number of rotatable bonds is 5. The van der Waals surface area contributed by atoms with Crippen molar-refractivity contribution in [2.75, 3.05) is 18.5 Å². The standard InChI is InChI=1S/C15H20N4OS/c1-3-5-16-15-12-8-20-6-4-13(12)18-14(19-15)7-11-9-21-10(2)17-11/h9H,3-8H2,1-2H3,(H,16,18,19). The number of aryl methyl sites for hydroxylation is 1. The zero-order chi connectivity index (χ0) is 14.7. The number of hydrogen-bond acceptors (Lipinski definition) is 6. The van der Waals surface area contributed by atoms with Crippen molar-refractivity contribution < 1.29 is 4.74 Å². The molecule has 112 valence electrons. The van der Waals surface area contributed by atoms with Crippen molar-refractivity contribution >= 4 is 17.2 Å². The average Bonchev–Trinajstić information content (AvgIpc) is 2.90. The van der Waals surface area contributed by atoms with E-state index in [2.05, 4.69) is 22.6 Å². The summed E-state index contributed by atoms with van der Waals surface area (Å²) in [7, 11) is 0. The minimum atomic E-state index is 0.609. The fourth-order valence-corrected chi connectivity index (χ4v) is 3.02. The van der Waals surface area contributed by atoms with Crippen LogP contribution >= 0.6 is 11.3 Å². The first kappa shape index (κ1) is 14.4. The summed E-state index contributed by atoms with van der Waals surface area (Å²) in [6, 6.07) is 0. The van der Waals surface area contributed by atoms with Crippen LogP contribution in [0.3, 0.4) is 0 Å². The molecule has 0 fully saturated rings. The number of anilines is 1. The number of hydrogen-bond donors (Lipinski definition) is 1. The van der Waals surface area contributed by atoms with Crippen LogP contribution in [0.4, 0.5) is 5.82 Å². The molecule has 1 N–H and O–H groups in total. The SMILES string of the molecule is CCCNc1nc(Cc2csc(C)n2)nc2c1COCC2. The number of nitrogens with one attached hydrogen (secondary N) is 1. The number of fused-ring (bicyclic) bond motifs is 1. The Bertz CT molecular complexity index is 626. The average molecular weight is 304 g/mol. The number of ether oxygens (including phenoxy) is 1. The van der Waals surface area contributed by atoms with Crippen LogP contribution in [0.1, 0.15) is 41.1 Å². The molecule has 3 heterocycles. The molecular formula is C15H20N4OS. The molecule has 2 aromatic heterocycles. The Kier molecular flexibility index (Phi) is 4.45. The number of thiazole rings is 1. The molecule has 1 aliphatic rings. The number of aromatic nitrogens is 3. The summed E-state index contributed by atoms with van der Waals surface area (Å²) in [5.41, 5.74) is 3.29. The van der Waals surface area contributed by atoms with Crippen molar-refractivity contribution in [2.24, 2.45) is 0 Å². The molecule has 0 atom stereocenters. The van der Waals surface area contributed by atoms with E-state index in [-0.39, 0.29) is 0 Å². The van der Waals surface area contributed by atoms with Crippen LogP contribution in [0.2, 0.25) is 0 Å². The molecule has 5 nitrogen and oxygen atoms in total. The second kappa shape index (κ2) is 6.49. The van der Waals surface area contributed by atoms with E-state index in [1.165, 1.54) is 0 Å². The molecule has 0 saturated heterocycles. The molecular weight excluding hydrogens is 284 g/mol. The Labute approximate surface area is 128 Å². The zero-order valence-electron chi connectivity index (χ0n) is 12.5. The van der Waals surface area contributed by atoms with E-state index in [0.717, 1.165) is 59.6 Å². The molecule has 0 radical (unpaired) electrons. The van der Waals surface area contributed by atoms with E-state index < -0.39 is 0 Å². The van der Waals surface area contributed by atoms with Crippen LogP contribution in [-0.2, 0) is 24.2 Å². The van der Waals surface area contributed by atoms with E-state index in [4.69, 9.17) is 14.7 Å². The summed E-state index contributed by atoms with van der Waals surface area (Å²) in [6.07, 6.45) is 2.63. The zero-order valence-corrected chi connectivity index (χ0v) is 13.3. The first-order valence-corrected chi connectivity index (χ1v) is 8.25. The van der Waals surface area contributed by atoms with Crippen LogP contribution < -0.4 is 5.32 Å². The molecule has 0 unspecified atom stereocenters. The van der Waals surface area contributed by atoms with Gasteiger partial charge in [0.2, 0.25) is 0 Å². The first-order valence-electron chi connectivity index (χ1n) is 7.37. The van der Waals surface area contributed by atoms with Gasteiger partial charge in [-0.15, -0.1) is 11.3 Å². The lowest BCUT2D eigenvalue weighted by molar-refractivity contribution is 0.109. The highest BCUT2D eigenvalue weighted by Crippen LogP contribution is 2.23. The maximum Gasteiger partial charge on any atom is 0.137 e. The van der Waals surface area contributed by atoms with Gasteiger partial charge in [0.25, 0.3) is 0 Å². The summed E-state index contributed by atoms with van der Waals surface area (Å²) in [6.45, 7) is 6.44. The molecule has 2 aromatic rings. The van der Waals surface area contributed by atoms with Gasteiger partial charge in [0.15, 0.2) is 0 Å².